The number of H-pyrrole nitrogens is 1. The number of hydrogen-bond acceptors (Lipinski definition) is 2. The van der Waals surface area contributed by atoms with E-state index in [4.69, 9.17) is 0 Å². The highest BCUT2D eigenvalue weighted by atomic mass is 16.1. The van der Waals surface area contributed by atoms with Gasteiger partial charge in [-0.15, -0.1) is 0 Å². The molecule has 1 heterocycles. The van der Waals surface area contributed by atoms with Crippen molar-refractivity contribution in [3.05, 3.63) is 51.6 Å². The number of aromatic nitrogens is 1. The van der Waals surface area contributed by atoms with Crippen LogP contribution in [0, 0.1) is 6.92 Å². The molecule has 3 nitrogen and oxygen atoms in total. The first-order valence-electron chi connectivity index (χ1n) is 7.38. The lowest BCUT2D eigenvalue weighted by Gasteiger charge is -2.19. The van der Waals surface area contributed by atoms with Crippen LogP contribution >= 0.6 is 0 Å². The number of aromatic amines is 1. The molecule has 0 saturated heterocycles. The normalized spacial score (nSPS) is 14.8. The summed E-state index contributed by atoms with van der Waals surface area (Å²) in [5, 5.41) is 0. The lowest BCUT2D eigenvalue weighted by Crippen LogP contribution is -2.23. The van der Waals surface area contributed by atoms with Crippen LogP contribution in [0.4, 0.5) is 0 Å². The van der Waals surface area contributed by atoms with Gasteiger partial charge in [-0.1, -0.05) is 12.7 Å². The van der Waals surface area contributed by atoms with Crippen LogP contribution < -0.4 is 5.43 Å². The monoisotopic (exact) mass is 272 g/mol. The van der Waals surface area contributed by atoms with Crippen molar-refractivity contribution in [3.63, 3.8) is 0 Å². The Kier molecular flexibility index (Phi) is 4.48. The van der Waals surface area contributed by atoms with Gasteiger partial charge >= 0.3 is 0 Å². The van der Waals surface area contributed by atoms with E-state index in [0.29, 0.717) is 0 Å². The number of nitrogens with zero attached hydrogens (tertiary/aromatic N) is 1. The average Bonchev–Trinajstić information content (AvgIpc) is 2.45. The fourth-order valence-corrected chi connectivity index (χ4v) is 2.80. The van der Waals surface area contributed by atoms with Crippen LogP contribution in [0.5, 0.6) is 0 Å². The van der Waals surface area contributed by atoms with Crippen LogP contribution in [0.3, 0.4) is 0 Å². The molecule has 3 heteroatoms. The van der Waals surface area contributed by atoms with Crippen LogP contribution in [0.15, 0.2) is 23.6 Å². The summed E-state index contributed by atoms with van der Waals surface area (Å²) in [4.78, 5) is 18.3. The first-order chi connectivity index (χ1) is 9.58. The van der Waals surface area contributed by atoms with E-state index in [9.17, 15) is 4.79 Å². The molecule has 2 rings (SSSR count). The minimum Gasteiger partial charge on any atom is -0.380 e. The largest absolute Gasteiger partial charge is 0.380 e. The van der Waals surface area contributed by atoms with Crippen molar-refractivity contribution in [2.75, 3.05) is 13.6 Å². The van der Waals surface area contributed by atoms with E-state index >= 15 is 0 Å². The molecule has 0 spiro atoms. The second kappa shape index (κ2) is 6.12. The maximum absolute atomic E-state index is 12.8. The molecule has 0 saturated carbocycles. The van der Waals surface area contributed by atoms with Gasteiger partial charge in [0.05, 0.1) is 0 Å². The molecule has 0 radical (unpaired) electrons. The molecule has 1 aliphatic rings. The van der Waals surface area contributed by atoms with E-state index in [2.05, 4.69) is 23.4 Å². The van der Waals surface area contributed by atoms with Gasteiger partial charge in [0.15, 0.2) is 5.43 Å². The Labute approximate surface area is 121 Å². The summed E-state index contributed by atoms with van der Waals surface area (Å²) >= 11 is 0. The molecule has 0 unspecified atom stereocenters. The predicted octanol–water partition coefficient (Wildman–Crippen LogP) is 3.04. The summed E-state index contributed by atoms with van der Waals surface area (Å²) in [5.41, 5.74) is 4.93. The molecule has 1 aliphatic carbocycles. The number of allylic oxidation sites excluding steroid dienone is 2. The zero-order chi connectivity index (χ0) is 14.7. The van der Waals surface area contributed by atoms with Crippen LogP contribution in [0.2, 0.25) is 0 Å². The quantitative estimate of drug-likeness (QED) is 0.855. The second-order valence-corrected chi connectivity index (χ2v) is 5.48. The summed E-state index contributed by atoms with van der Waals surface area (Å²) in [5.74, 6) is 0. The van der Waals surface area contributed by atoms with Crippen LogP contribution in [0.1, 0.15) is 42.3 Å². The zero-order valence-corrected chi connectivity index (χ0v) is 12.8. The van der Waals surface area contributed by atoms with Gasteiger partial charge in [-0.2, -0.15) is 0 Å². The summed E-state index contributed by atoms with van der Waals surface area (Å²) in [6.07, 6.45) is 7.95. The van der Waals surface area contributed by atoms with Crippen LogP contribution in [-0.4, -0.2) is 23.5 Å². The van der Waals surface area contributed by atoms with Gasteiger partial charge in [0.2, 0.25) is 0 Å². The highest BCUT2D eigenvalue weighted by Gasteiger charge is 2.19. The van der Waals surface area contributed by atoms with Gasteiger partial charge in [-0.05, 0) is 39.5 Å². The molecule has 1 aromatic rings. The highest BCUT2D eigenvalue weighted by Crippen LogP contribution is 2.22. The summed E-state index contributed by atoms with van der Waals surface area (Å²) in [7, 11) is 2.01. The maximum atomic E-state index is 12.8. The fraction of sp³-hybridized carbons (Fsp3) is 0.471. The van der Waals surface area contributed by atoms with Crippen molar-refractivity contribution in [1.82, 2.24) is 9.88 Å². The number of hydrogen-bond donors (Lipinski definition) is 1. The molecule has 0 aromatic carbocycles. The topological polar surface area (TPSA) is 36.1 Å². The number of rotatable bonds is 4. The zero-order valence-electron chi connectivity index (χ0n) is 12.8. The molecule has 0 amide bonds. The molecule has 0 aliphatic heterocycles. The van der Waals surface area contributed by atoms with Gasteiger partial charge in [0.1, 0.15) is 0 Å². The first-order valence-corrected chi connectivity index (χ1v) is 7.38. The molecular weight excluding hydrogens is 248 g/mol. The number of aryl methyl sites for hydroxylation is 2. The van der Waals surface area contributed by atoms with E-state index in [1.54, 1.807) is 6.08 Å². The maximum Gasteiger partial charge on any atom is 0.193 e. The van der Waals surface area contributed by atoms with Gasteiger partial charge in [0, 0.05) is 47.9 Å². The lowest BCUT2D eigenvalue weighted by molar-refractivity contribution is 0.486. The van der Waals surface area contributed by atoms with Crippen molar-refractivity contribution in [3.8, 4) is 0 Å². The molecule has 1 N–H and O–H groups in total. The Hall–Kier alpha value is -1.77. The van der Waals surface area contributed by atoms with E-state index in [-0.39, 0.29) is 5.43 Å². The van der Waals surface area contributed by atoms with Crippen LogP contribution in [0.25, 0.3) is 5.57 Å². The highest BCUT2D eigenvalue weighted by molar-refractivity contribution is 5.75. The summed E-state index contributed by atoms with van der Waals surface area (Å²) in [6, 6.07) is 0. The van der Waals surface area contributed by atoms with E-state index < -0.39 is 0 Å². The third kappa shape index (κ3) is 2.72. The Morgan fingerprint density at radius 3 is 2.75 bits per heavy atom. The smallest absolute Gasteiger partial charge is 0.193 e. The third-order valence-corrected chi connectivity index (χ3v) is 4.05. The number of nitrogens with one attached hydrogen (secondary N) is 1. The second-order valence-electron chi connectivity index (χ2n) is 5.48. The standard InChI is InChI=1S/C17H24N2O/c1-5-13(11-19(4)6-2)16-12(3)18-15-10-8-7-9-14(15)17(16)20/h5,11H,1,6-10H2,2-4H3,(H,18,20)/b13-11+. The van der Waals surface area contributed by atoms with Crippen molar-refractivity contribution in [2.45, 2.75) is 39.5 Å². The van der Waals surface area contributed by atoms with E-state index in [1.165, 1.54) is 6.42 Å². The third-order valence-electron chi connectivity index (χ3n) is 4.05. The SMILES string of the molecule is C=C/C(=C\N(C)CC)c1c(C)[nH]c2c(c1=O)CCCC2. The number of pyridine rings is 1. The molecule has 0 atom stereocenters. The minimum absolute atomic E-state index is 0.187. The molecule has 0 bridgehead atoms. The van der Waals surface area contributed by atoms with Crippen molar-refractivity contribution >= 4 is 5.57 Å². The summed E-state index contributed by atoms with van der Waals surface area (Å²) in [6.45, 7) is 8.84. The van der Waals surface area contributed by atoms with Gasteiger partial charge in [0.25, 0.3) is 0 Å². The molecular formula is C17H24N2O. The molecule has 20 heavy (non-hydrogen) atoms. The Morgan fingerprint density at radius 1 is 1.40 bits per heavy atom. The van der Waals surface area contributed by atoms with Gasteiger partial charge < -0.3 is 9.88 Å². The minimum atomic E-state index is 0.187. The van der Waals surface area contributed by atoms with E-state index in [1.807, 2.05) is 20.2 Å². The molecule has 108 valence electrons. The van der Waals surface area contributed by atoms with Gasteiger partial charge in [-0.3, -0.25) is 4.79 Å². The summed E-state index contributed by atoms with van der Waals surface area (Å²) < 4.78 is 0. The predicted molar refractivity (Wildman–Crippen MR) is 84.9 cm³/mol. The lowest BCUT2D eigenvalue weighted by atomic mass is 9.91. The van der Waals surface area contributed by atoms with Crippen molar-refractivity contribution in [2.24, 2.45) is 0 Å². The number of fused-ring (bicyclic) bond motifs is 1. The first kappa shape index (κ1) is 14.6. The van der Waals surface area contributed by atoms with Crippen molar-refractivity contribution in [1.29, 1.82) is 0 Å². The molecule has 0 fully saturated rings. The van der Waals surface area contributed by atoms with Crippen molar-refractivity contribution < 1.29 is 0 Å². The Balaban J connectivity index is 2.59. The van der Waals surface area contributed by atoms with E-state index in [0.717, 1.165) is 53.9 Å². The fourth-order valence-electron chi connectivity index (χ4n) is 2.80. The van der Waals surface area contributed by atoms with Gasteiger partial charge in [-0.25, -0.2) is 0 Å². The Morgan fingerprint density at radius 2 is 2.10 bits per heavy atom. The molecule has 1 aromatic heterocycles. The average molecular weight is 272 g/mol. The van der Waals surface area contributed by atoms with Crippen LogP contribution in [-0.2, 0) is 12.8 Å². The Bertz CT molecular complexity index is 596.